The Bertz CT molecular complexity index is 279. The first-order chi connectivity index (χ1) is 5.79. The van der Waals surface area contributed by atoms with Crippen molar-refractivity contribution < 1.29 is 0 Å². The molecule has 12 heavy (non-hydrogen) atoms. The lowest BCUT2D eigenvalue weighted by Crippen LogP contribution is -2.30. The summed E-state index contributed by atoms with van der Waals surface area (Å²) < 4.78 is 2.03. The molecule has 0 amide bonds. The first-order valence-electron chi connectivity index (χ1n) is 4.40. The zero-order valence-corrected chi connectivity index (χ0v) is 7.62. The Balaban J connectivity index is 2.28. The quantitative estimate of drug-likeness (QED) is 0.601. The first kappa shape index (κ1) is 7.73. The molecule has 0 fully saturated rings. The van der Waals surface area contributed by atoms with Gasteiger partial charge in [-0.25, -0.2) is 9.67 Å². The van der Waals surface area contributed by atoms with E-state index in [-0.39, 0.29) is 0 Å². The average molecular weight is 166 g/mol. The molecular formula is C8H14N4. The summed E-state index contributed by atoms with van der Waals surface area (Å²) in [6, 6.07) is 0. The maximum Gasteiger partial charge on any atom is 0.150 e. The molecule has 0 spiro atoms. The Morgan fingerprint density at radius 1 is 1.42 bits per heavy atom. The van der Waals surface area contributed by atoms with Crippen LogP contribution in [0.2, 0.25) is 0 Å². The number of aromatic nitrogens is 3. The predicted molar refractivity (Wildman–Crippen MR) is 45.7 cm³/mol. The molecule has 1 aromatic heterocycles. The number of hydrogen-bond donors (Lipinski definition) is 0. The standard InChI is InChI=1S/C8H14N4/c1-3-7-9-8-6-11(2)4-5-12(8)10-7/h3-6H2,1-2H3. The second kappa shape index (κ2) is 2.86. The smallest absolute Gasteiger partial charge is 0.150 e. The van der Waals surface area contributed by atoms with Crippen LogP contribution in [0.25, 0.3) is 0 Å². The molecule has 0 N–H and O–H groups in total. The summed E-state index contributed by atoms with van der Waals surface area (Å²) in [6.07, 6.45) is 0.934. The molecule has 0 aromatic carbocycles. The summed E-state index contributed by atoms with van der Waals surface area (Å²) in [6.45, 7) is 5.09. The van der Waals surface area contributed by atoms with Gasteiger partial charge in [0.15, 0.2) is 5.82 Å². The van der Waals surface area contributed by atoms with Gasteiger partial charge in [-0.05, 0) is 7.05 Å². The van der Waals surface area contributed by atoms with Crippen LogP contribution < -0.4 is 0 Å². The van der Waals surface area contributed by atoms with Gasteiger partial charge in [0.25, 0.3) is 0 Å². The SMILES string of the molecule is CCc1nc2n(n1)CCN(C)C2. The van der Waals surface area contributed by atoms with Gasteiger partial charge in [0.2, 0.25) is 0 Å². The van der Waals surface area contributed by atoms with E-state index < -0.39 is 0 Å². The van der Waals surface area contributed by atoms with Crippen molar-refractivity contribution in [3.8, 4) is 0 Å². The maximum absolute atomic E-state index is 4.43. The molecule has 2 rings (SSSR count). The minimum Gasteiger partial charge on any atom is -0.297 e. The monoisotopic (exact) mass is 166 g/mol. The fourth-order valence-corrected chi connectivity index (χ4v) is 1.46. The van der Waals surface area contributed by atoms with Crippen molar-refractivity contribution in [3.63, 3.8) is 0 Å². The molecule has 0 aliphatic carbocycles. The van der Waals surface area contributed by atoms with Gasteiger partial charge in [-0.15, -0.1) is 0 Å². The van der Waals surface area contributed by atoms with Gasteiger partial charge in [-0.3, -0.25) is 4.90 Å². The molecule has 0 atom stereocenters. The highest BCUT2D eigenvalue weighted by Gasteiger charge is 2.15. The molecule has 0 unspecified atom stereocenters. The zero-order chi connectivity index (χ0) is 8.55. The highest BCUT2D eigenvalue weighted by Crippen LogP contribution is 2.07. The van der Waals surface area contributed by atoms with Crippen LogP contribution >= 0.6 is 0 Å². The van der Waals surface area contributed by atoms with E-state index in [0.717, 1.165) is 37.7 Å². The highest BCUT2D eigenvalue weighted by molar-refractivity contribution is 4.95. The predicted octanol–water partition coefficient (Wildman–Crippen LogP) is 0.286. The molecule has 4 heteroatoms. The van der Waals surface area contributed by atoms with Crippen molar-refractivity contribution in [3.05, 3.63) is 11.6 Å². The lowest BCUT2D eigenvalue weighted by molar-refractivity contribution is 0.254. The third kappa shape index (κ3) is 1.22. The summed E-state index contributed by atoms with van der Waals surface area (Å²) >= 11 is 0. The molecule has 1 aliphatic heterocycles. The van der Waals surface area contributed by atoms with E-state index in [1.165, 1.54) is 0 Å². The Kier molecular flexibility index (Phi) is 1.84. The van der Waals surface area contributed by atoms with E-state index in [1.807, 2.05) is 4.68 Å². The van der Waals surface area contributed by atoms with Crippen LogP contribution in [0.15, 0.2) is 0 Å². The van der Waals surface area contributed by atoms with Crippen LogP contribution in [0.5, 0.6) is 0 Å². The number of hydrogen-bond acceptors (Lipinski definition) is 3. The Labute approximate surface area is 72.2 Å². The minimum absolute atomic E-state index is 0.934. The second-order valence-electron chi connectivity index (χ2n) is 3.26. The van der Waals surface area contributed by atoms with E-state index in [0.29, 0.717) is 0 Å². The lowest BCUT2D eigenvalue weighted by Gasteiger charge is -2.21. The zero-order valence-electron chi connectivity index (χ0n) is 7.62. The van der Waals surface area contributed by atoms with Crippen LogP contribution in [0.3, 0.4) is 0 Å². The molecule has 0 saturated carbocycles. The summed E-state index contributed by atoms with van der Waals surface area (Å²) in [7, 11) is 2.11. The van der Waals surface area contributed by atoms with E-state index in [2.05, 4.69) is 29.0 Å². The number of fused-ring (bicyclic) bond motifs is 1. The fourth-order valence-electron chi connectivity index (χ4n) is 1.46. The maximum atomic E-state index is 4.43. The van der Waals surface area contributed by atoms with Gasteiger partial charge >= 0.3 is 0 Å². The normalized spacial score (nSPS) is 17.8. The number of aryl methyl sites for hydroxylation is 1. The van der Waals surface area contributed by atoms with Crippen molar-refractivity contribution in [2.75, 3.05) is 13.6 Å². The molecule has 2 heterocycles. The van der Waals surface area contributed by atoms with Gasteiger partial charge in [0.05, 0.1) is 13.1 Å². The third-order valence-corrected chi connectivity index (χ3v) is 2.21. The Hall–Kier alpha value is -0.900. The number of rotatable bonds is 1. The van der Waals surface area contributed by atoms with Crippen molar-refractivity contribution in [1.29, 1.82) is 0 Å². The number of likely N-dealkylation sites (N-methyl/N-ethyl adjacent to an activating group) is 1. The van der Waals surface area contributed by atoms with Crippen molar-refractivity contribution in [2.24, 2.45) is 0 Å². The highest BCUT2D eigenvalue weighted by atomic mass is 15.4. The van der Waals surface area contributed by atoms with E-state index in [1.54, 1.807) is 0 Å². The topological polar surface area (TPSA) is 34.0 Å². The molecule has 1 aromatic rings. The van der Waals surface area contributed by atoms with Crippen LogP contribution in [0.4, 0.5) is 0 Å². The van der Waals surface area contributed by atoms with Crippen molar-refractivity contribution in [1.82, 2.24) is 19.7 Å². The molecule has 66 valence electrons. The van der Waals surface area contributed by atoms with Crippen LogP contribution in [-0.2, 0) is 19.5 Å². The van der Waals surface area contributed by atoms with Crippen LogP contribution in [-0.4, -0.2) is 33.3 Å². The van der Waals surface area contributed by atoms with Crippen molar-refractivity contribution >= 4 is 0 Å². The number of nitrogens with zero attached hydrogens (tertiary/aromatic N) is 4. The molecule has 4 nitrogen and oxygen atoms in total. The van der Waals surface area contributed by atoms with Gasteiger partial charge in [-0.2, -0.15) is 5.10 Å². The average Bonchev–Trinajstić information content (AvgIpc) is 2.46. The Morgan fingerprint density at radius 2 is 2.25 bits per heavy atom. The van der Waals surface area contributed by atoms with E-state index in [9.17, 15) is 0 Å². The summed E-state index contributed by atoms with van der Waals surface area (Å²) in [5.74, 6) is 2.08. The van der Waals surface area contributed by atoms with Crippen LogP contribution in [0, 0.1) is 0 Å². The van der Waals surface area contributed by atoms with Gasteiger partial charge < -0.3 is 0 Å². The largest absolute Gasteiger partial charge is 0.297 e. The molecular weight excluding hydrogens is 152 g/mol. The van der Waals surface area contributed by atoms with E-state index >= 15 is 0 Å². The van der Waals surface area contributed by atoms with Crippen molar-refractivity contribution in [2.45, 2.75) is 26.4 Å². The third-order valence-electron chi connectivity index (χ3n) is 2.21. The lowest BCUT2D eigenvalue weighted by atomic mass is 10.4. The van der Waals surface area contributed by atoms with Gasteiger partial charge in [0, 0.05) is 13.0 Å². The first-order valence-corrected chi connectivity index (χ1v) is 4.40. The molecule has 0 saturated heterocycles. The van der Waals surface area contributed by atoms with Gasteiger partial charge in [0.1, 0.15) is 5.82 Å². The minimum atomic E-state index is 0.934. The Morgan fingerprint density at radius 3 is 3.00 bits per heavy atom. The molecule has 0 bridgehead atoms. The second-order valence-corrected chi connectivity index (χ2v) is 3.26. The molecule has 1 aliphatic rings. The van der Waals surface area contributed by atoms with Crippen LogP contribution in [0.1, 0.15) is 18.6 Å². The summed E-state index contributed by atoms with van der Waals surface area (Å²) in [5.41, 5.74) is 0. The fraction of sp³-hybridized carbons (Fsp3) is 0.750. The molecule has 0 radical (unpaired) electrons. The van der Waals surface area contributed by atoms with E-state index in [4.69, 9.17) is 0 Å². The summed E-state index contributed by atoms with van der Waals surface area (Å²) in [5, 5.41) is 4.38. The summed E-state index contributed by atoms with van der Waals surface area (Å²) in [4.78, 5) is 6.70. The van der Waals surface area contributed by atoms with Gasteiger partial charge in [-0.1, -0.05) is 6.92 Å².